The predicted octanol–water partition coefficient (Wildman–Crippen LogP) is 2.10. The topological polar surface area (TPSA) is 69.7 Å². The molecule has 1 atom stereocenters. The molecule has 190 valence electrons. The van der Waals surface area contributed by atoms with E-state index in [-0.39, 0.29) is 25.3 Å². The van der Waals surface area contributed by atoms with Crippen molar-refractivity contribution in [2.45, 2.75) is 64.5 Å². The Labute approximate surface area is 232 Å². The van der Waals surface area contributed by atoms with Crippen LogP contribution in [0.15, 0.2) is 42.5 Å². The molecule has 0 N–H and O–H groups in total. The first kappa shape index (κ1) is 30.5. The maximum Gasteiger partial charge on any atom is 1.00 e. The second kappa shape index (κ2) is 15.5. The summed E-state index contributed by atoms with van der Waals surface area (Å²) in [6, 6.07) is 13.7. The van der Waals surface area contributed by atoms with Crippen molar-refractivity contribution in [1.29, 1.82) is 0 Å². The predicted molar refractivity (Wildman–Crippen MR) is 141 cm³/mol. The molecule has 0 saturated heterocycles. The molecule has 7 heteroatoms. The number of carbonyl (C=O) groups excluding carboxylic acids is 2. The normalized spacial score (nSPS) is 14.8. The van der Waals surface area contributed by atoms with E-state index in [9.17, 15) is 14.7 Å². The summed E-state index contributed by atoms with van der Waals surface area (Å²) in [4.78, 5) is 27.0. The van der Waals surface area contributed by atoms with Gasteiger partial charge >= 0.3 is 24.8 Å². The van der Waals surface area contributed by atoms with Crippen LogP contribution in [0.25, 0.3) is 11.1 Å². The number of aliphatic carboxylic acids is 1. The molecular weight excluding hydrogens is 465 g/mol. The number of benzene rings is 2. The number of carboxylic acids is 1. The number of carbonyl (C=O) groups is 2. The second-order valence-electron chi connectivity index (χ2n) is 9.72. The monoisotopic (exact) mass is 503 g/mol. The van der Waals surface area contributed by atoms with Crippen LogP contribution in [0.5, 0.6) is 0 Å². The Balaban J connectivity index is 0.00000456. The van der Waals surface area contributed by atoms with Crippen molar-refractivity contribution >= 4 is 23.7 Å². The van der Waals surface area contributed by atoms with Crippen LogP contribution in [-0.4, -0.2) is 48.5 Å². The number of carboxylic acid groups (broad SMARTS) is 1. The number of nitrogens with zero attached hydrogens (tertiary/aromatic N) is 1. The van der Waals surface area contributed by atoms with Crippen molar-refractivity contribution in [3.8, 4) is 11.1 Å². The van der Waals surface area contributed by atoms with Gasteiger partial charge in [0.15, 0.2) is 0 Å². The van der Waals surface area contributed by atoms with Crippen LogP contribution in [0.2, 0.25) is 0 Å². The number of rotatable bonds is 12. The van der Waals surface area contributed by atoms with Gasteiger partial charge in [-0.05, 0) is 85.7 Å². The summed E-state index contributed by atoms with van der Waals surface area (Å²) in [7, 11) is 2.15. The molecule has 0 radical (unpaired) electrons. The molecule has 0 heterocycles. The molecule has 36 heavy (non-hydrogen) atoms. The first-order chi connectivity index (χ1) is 16.9. The van der Waals surface area contributed by atoms with E-state index in [1.165, 1.54) is 50.3 Å². The van der Waals surface area contributed by atoms with Crippen LogP contribution < -0.4 is 24.0 Å². The number of aryl methyl sites for hydroxylation is 1. The van der Waals surface area contributed by atoms with Crippen LogP contribution in [0.3, 0.4) is 0 Å². The average molecular weight is 504 g/mol. The Hall–Kier alpha value is -1.71. The molecule has 3 rings (SSSR count). The molecule has 0 amide bonds. The quantitative estimate of drug-likeness (QED) is 0.326. The maximum atomic E-state index is 13.1. The fourth-order valence-corrected chi connectivity index (χ4v) is 5.33. The average Bonchev–Trinajstić information content (AvgIpc) is 2.86. The zero-order valence-electron chi connectivity index (χ0n) is 22.3. The SMILES string of the molecule is CSCCC(OC(=O)c1ccc(CN(C)CCC2CCCCC2)cc1-c1ccccc1C)C(=O)[O-].[Li+]. The van der Waals surface area contributed by atoms with Crippen molar-refractivity contribution in [3.63, 3.8) is 0 Å². The van der Waals surface area contributed by atoms with Gasteiger partial charge in [0.05, 0.1) is 11.5 Å². The summed E-state index contributed by atoms with van der Waals surface area (Å²) < 4.78 is 5.40. The van der Waals surface area contributed by atoms with Crippen LogP contribution in [0, 0.1) is 12.8 Å². The van der Waals surface area contributed by atoms with Gasteiger partial charge in [0.2, 0.25) is 0 Å². The molecule has 1 aliphatic rings. The molecule has 0 aliphatic heterocycles. The molecule has 0 spiro atoms. The summed E-state index contributed by atoms with van der Waals surface area (Å²) in [5.41, 5.74) is 4.25. The summed E-state index contributed by atoms with van der Waals surface area (Å²) >= 11 is 1.51. The molecule has 5 nitrogen and oxygen atoms in total. The van der Waals surface area contributed by atoms with Gasteiger partial charge in [0.1, 0.15) is 6.10 Å². The third-order valence-corrected chi connectivity index (χ3v) is 7.58. The van der Waals surface area contributed by atoms with Crippen molar-refractivity contribution in [2.75, 3.05) is 25.6 Å². The van der Waals surface area contributed by atoms with Crippen LogP contribution in [-0.2, 0) is 16.1 Å². The maximum absolute atomic E-state index is 13.1. The van der Waals surface area contributed by atoms with Gasteiger partial charge in [0, 0.05) is 6.54 Å². The molecule has 1 fully saturated rings. The molecule has 1 saturated carbocycles. The standard InChI is InChI=1S/C29H39NO4S.Li/c1-21-9-7-8-12-24(21)26-19-23(20-30(2)17-15-22-10-5-4-6-11-22)13-14-25(26)29(33)34-27(28(31)32)16-18-35-3;/h7-9,12-14,19,22,27H,4-6,10-11,15-18,20H2,1-3H3,(H,31,32);/q;+1/p-1. The van der Waals surface area contributed by atoms with Crippen LogP contribution >= 0.6 is 11.8 Å². The van der Waals surface area contributed by atoms with Crippen LogP contribution in [0.1, 0.15) is 66.4 Å². The minimum atomic E-state index is -1.36. The van der Waals surface area contributed by atoms with E-state index in [2.05, 4.69) is 11.9 Å². The zero-order chi connectivity index (χ0) is 25.2. The number of ether oxygens (including phenoxy) is 1. The summed E-state index contributed by atoms with van der Waals surface area (Å²) in [6.07, 6.45) is 8.89. The minimum absolute atomic E-state index is 0. The third-order valence-electron chi connectivity index (χ3n) is 6.93. The van der Waals surface area contributed by atoms with Gasteiger partial charge in [-0.2, -0.15) is 11.8 Å². The Morgan fingerprint density at radius 1 is 1.11 bits per heavy atom. The summed E-state index contributed by atoms with van der Waals surface area (Å²) in [5, 5.41) is 11.5. The van der Waals surface area contributed by atoms with Crippen molar-refractivity contribution in [1.82, 2.24) is 4.90 Å². The van der Waals surface area contributed by atoms with Gasteiger partial charge in [0.25, 0.3) is 0 Å². The van der Waals surface area contributed by atoms with E-state index in [0.29, 0.717) is 11.3 Å². The fourth-order valence-electron chi connectivity index (χ4n) is 4.88. The first-order valence-electron chi connectivity index (χ1n) is 12.7. The fraction of sp³-hybridized carbons (Fsp3) is 0.517. The van der Waals surface area contributed by atoms with Gasteiger partial charge in [-0.25, -0.2) is 4.79 Å². The Morgan fingerprint density at radius 3 is 2.50 bits per heavy atom. The number of esters is 1. The number of thioether (sulfide) groups is 1. The molecule has 0 aromatic heterocycles. The second-order valence-corrected chi connectivity index (χ2v) is 10.7. The largest absolute Gasteiger partial charge is 1.00 e. The van der Waals surface area contributed by atoms with E-state index >= 15 is 0 Å². The Kier molecular flexibility index (Phi) is 13.2. The van der Waals surface area contributed by atoms with Crippen molar-refractivity contribution in [3.05, 3.63) is 59.2 Å². The van der Waals surface area contributed by atoms with Crippen molar-refractivity contribution < 1.29 is 38.3 Å². The van der Waals surface area contributed by atoms with Crippen LogP contribution in [0.4, 0.5) is 0 Å². The van der Waals surface area contributed by atoms with Gasteiger partial charge in [-0.1, -0.05) is 62.4 Å². The van der Waals surface area contributed by atoms with E-state index in [0.717, 1.165) is 41.3 Å². The summed E-state index contributed by atoms with van der Waals surface area (Å²) in [5.74, 6) is -0.576. The van der Waals surface area contributed by atoms with Gasteiger partial charge in [-0.15, -0.1) is 0 Å². The van der Waals surface area contributed by atoms with E-state index in [4.69, 9.17) is 4.74 Å². The Bertz CT molecular complexity index is 993. The third kappa shape index (κ3) is 8.99. The molecule has 2 aromatic carbocycles. The molecule has 0 bridgehead atoms. The number of hydrogen-bond donors (Lipinski definition) is 0. The number of hydrogen-bond acceptors (Lipinski definition) is 6. The van der Waals surface area contributed by atoms with E-state index in [1.807, 2.05) is 49.6 Å². The van der Waals surface area contributed by atoms with E-state index < -0.39 is 18.0 Å². The minimum Gasteiger partial charge on any atom is -0.546 e. The van der Waals surface area contributed by atoms with Crippen molar-refractivity contribution in [2.24, 2.45) is 5.92 Å². The zero-order valence-corrected chi connectivity index (χ0v) is 23.1. The molecule has 1 unspecified atom stereocenters. The smallest absolute Gasteiger partial charge is 0.546 e. The van der Waals surface area contributed by atoms with Gasteiger partial charge in [-0.3, -0.25) is 0 Å². The molecular formula is C29H38LiNO4S. The Morgan fingerprint density at radius 2 is 1.83 bits per heavy atom. The summed E-state index contributed by atoms with van der Waals surface area (Å²) in [6.45, 7) is 3.85. The van der Waals surface area contributed by atoms with E-state index in [1.54, 1.807) is 6.07 Å². The molecule has 2 aromatic rings. The molecule has 1 aliphatic carbocycles. The first-order valence-corrected chi connectivity index (χ1v) is 14.1. The van der Waals surface area contributed by atoms with Gasteiger partial charge < -0.3 is 19.5 Å².